The lowest BCUT2D eigenvalue weighted by atomic mass is 9.95. The first-order valence-corrected chi connectivity index (χ1v) is 10.8. The minimum atomic E-state index is -5.08. The second kappa shape index (κ2) is 12.7. The number of aromatic carboxylic acids is 1. The first-order chi connectivity index (χ1) is 15.7. The summed E-state index contributed by atoms with van der Waals surface area (Å²) in [6.45, 7) is 3.36. The number of carbonyl (C=O) groups is 4. The van der Waals surface area contributed by atoms with Gasteiger partial charge >= 0.3 is 30.1 Å². The van der Waals surface area contributed by atoms with E-state index in [0.717, 1.165) is 30.7 Å². The average Bonchev–Trinajstić information content (AvgIpc) is 3.23. The Morgan fingerprint density at radius 2 is 1.79 bits per heavy atom. The Labute approximate surface area is 197 Å². The highest BCUT2D eigenvalue weighted by Gasteiger charge is 2.39. The molecule has 34 heavy (non-hydrogen) atoms. The molecular weight excluding hydrogens is 485 g/mol. The van der Waals surface area contributed by atoms with Crippen LogP contribution in [0.3, 0.4) is 0 Å². The summed E-state index contributed by atoms with van der Waals surface area (Å²) >= 11 is 1.24. The van der Waals surface area contributed by atoms with E-state index in [0.29, 0.717) is 11.4 Å². The van der Waals surface area contributed by atoms with Gasteiger partial charge in [-0.2, -0.15) is 13.2 Å². The number of hydrogen-bond donors (Lipinski definition) is 3. The van der Waals surface area contributed by atoms with Crippen molar-refractivity contribution in [2.75, 3.05) is 20.8 Å². The topological polar surface area (TPSA) is 142 Å². The van der Waals surface area contributed by atoms with Crippen molar-refractivity contribution in [2.45, 2.75) is 57.0 Å². The van der Waals surface area contributed by atoms with Crippen molar-refractivity contribution in [3.8, 4) is 0 Å². The molecule has 10 nitrogen and oxygen atoms in total. The fourth-order valence-corrected chi connectivity index (χ4v) is 4.18. The Morgan fingerprint density at radius 3 is 2.26 bits per heavy atom. The number of carboxylic acids is 2. The van der Waals surface area contributed by atoms with Crippen molar-refractivity contribution in [3.05, 3.63) is 21.9 Å². The number of carboxylic acid groups (broad SMARTS) is 2. The van der Waals surface area contributed by atoms with Gasteiger partial charge in [0.25, 0.3) is 0 Å². The number of aliphatic carboxylic acids is 1. The Hall–Kier alpha value is -2.71. The molecule has 2 atom stereocenters. The second-order valence-electron chi connectivity index (χ2n) is 7.53. The summed E-state index contributed by atoms with van der Waals surface area (Å²) < 4.78 is 41.3. The van der Waals surface area contributed by atoms with Gasteiger partial charge in [-0.1, -0.05) is 0 Å². The van der Waals surface area contributed by atoms with Crippen molar-refractivity contribution < 1.29 is 52.0 Å². The Kier molecular flexibility index (Phi) is 10.9. The van der Waals surface area contributed by atoms with Crippen LogP contribution in [0.4, 0.5) is 13.2 Å². The number of rotatable bonds is 8. The standard InChI is InChI=1S/C18H26N2O6S.C2HF3O2/c1-18(19-13(17(24)26-3)10-15(21)25-2)8-4-5-9-20(18)11-12-6-7-14(27-12)16(22)23;3-2(4,5)1(6)7/h6-7,13,19H,4-5,8-11H2,1-3H3,(H,22,23);(H,6,7)/t13-,18?;/m0./s1. The van der Waals surface area contributed by atoms with E-state index in [9.17, 15) is 27.6 Å². The number of hydrogen-bond acceptors (Lipinski definition) is 9. The zero-order chi connectivity index (χ0) is 26.1. The fourth-order valence-electron chi connectivity index (χ4n) is 3.32. The van der Waals surface area contributed by atoms with Crippen LogP contribution in [0.25, 0.3) is 0 Å². The van der Waals surface area contributed by atoms with E-state index >= 15 is 0 Å². The van der Waals surface area contributed by atoms with Gasteiger partial charge in [-0.25, -0.2) is 9.59 Å². The van der Waals surface area contributed by atoms with Crippen LogP contribution in [0.1, 0.15) is 47.2 Å². The molecule has 3 N–H and O–H groups in total. The average molecular weight is 513 g/mol. The van der Waals surface area contributed by atoms with Crippen LogP contribution in [-0.2, 0) is 30.4 Å². The normalized spacial score (nSPS) is 19.4. The SMILES string of the molecule is COC(=O)C[C@H](NC1(C)CCCCN1Cc1ccc(C(=O)O)s1)C(=O)OC.O=C(O)C(F)(F)F. The van der Waals surface area contributed by atoms with Crippen LogP contribution in [0.15, 0.2) is 12.1 Å². The van der Waals surface area contributed by atoms with E-state index in [1.54, 1.807) is 6.07 Å². The number of ether oxygens (including phenoxy) is 2. The number of methoxy groups -OCH3 is 2. The predicted molar refractivity (Wildman–Crippen MR) is 113 cm³/mol. The third kappa shape index (κ3) is 8.91. The number of nitrogens with one attached hydrogen (secondary N) is 1. The highest BCUT2D eigenvalue weighted by molar-refractivity contribution is 7.13. The van der Waals surface area contributed by atoms with Crippen LogP contribution in [0, 0.1) is 0 Å². The lowest BCUT2D eigenvalue weighted by Crippen LogP contribution is -2.63. The summed E-state index contributed by atoms with van der Waals surface area (Å²) in [6.07, 6.45) is -2.42. The molecular formula is C20H27F3N2O8S. The van der Waals surface area contributed by atoms with Gasteiger partial charge in [0.05, 0.1) is 26.3 Å². The van der Waals surface area contributed by atoms with Crippen LogP contribution < -0.4 is 5.32 Å². The fraction of sp³-hybridized carbons (Fsp3) is 0.600. The predicted octanol–water partition coefficient (Wildman–Crippen LogP) is 2.48. The van der Waals surface area contributed by atoms with Crippen LogP contribution in [-0.4, -0.2) is 77.6 Å². The highest BCUT2D eigenvalue weighted by atomic mass is 32.1. The van der Waals surface area contributed by atoms with Gasteiger partial charge in [0.2, 0.25) is 0 Å². The van der Waals surface area contributed by atoms with Crippen molar-refractivity contribution in [1.82, 2.24) is 10.2 Å². The molecule has 14 heteroatoms. The zero-order valence-corrected chi connectivity index (χ0v) is 19.6. The number of piperidine rings is 1. The zero-order valence-electron chi connectivity index (χ0n) is 18.8. The molecule has 1 aromatic rings. The van der Waals surface area contributed by atoms with Gasteiger partial charge in [0.15, 0.2) is 0 Å². The van der Waals surface area contributed by atoms with Crippen molar-refractivity contribution in [1.29, 1.82) is 0 Å². The second-order valence-corrected chi connectivity index (χ2v) is 8.70. The van der Waals surface area contributed by atoms with Gasteiger partial charge in [-0.3, -0.25) is 19.8 Å². The van der Waals surface area contributed by atoms with Crippen LogP contribution >= 0.6 is 11.3 Å². The van der Waals surface area contributed by atoms with Crippen molar-refractivity contribution in [2.24, 2.45) is 0 Å². The number of halogens is 3. The molecule has 192 valence electrons. The number of nitrogens with zero attached hydrogens (tertiary/aromatic N) is 1. The van der Waals surface area contributed by atoms with Crippen LogP contribution in [0.5, 0.6) is 0 Å². The molecule has 0 saturated carbocycles. The monoisotopic (exact) mass is 512 g/mol. The molecule has 1 aliphatic heterocycles. The van der Waals surface area contributed by atoms with Gasteiger partial charge < -0.3 is 19.7 Å². The Morgan fingerprint density at radius 1 is 1.18 bits per heavy atom. The molecule has 0 aliphatic carbocycles. The summed E-state index contributed by atoms with van der Waals surface area (Å²) in [6, 6.07) is 2.60. The minimum Gasteiger partial charge on any atom is -0.477 e. The first kappa shape index (κ1) is 29.3. The molecule has 0 amide bonds. The largest absolute Gasteiger partial charge is 0.490 e. The Bertz CT molecular complexity index is 876. The third-order valence-electron chi connectivity index (χ3n) is 5.07. The van der Waals surface area contributed by atoms with E-state index in [4.69, 9.17) is 24.5 Å². The van der Waals surface area contributed by atoms with E-state index in [-0.39, 0.29) is 6.42 Å². The molecule has 0 bridgehead atoms. The van der Waals surface area contributed by atoms with E-state index in [1.807, 2.05) is 13.0 Å². The van der Waals surface area contributed by atoms with Gasteiger partial charge in [0.1, 0.15) is 10.9 Å². The molecule has 0 aromatic carbocycles. The number of likely N-dealkylation sites (tertiary alicyclic amines) is 1. The molecule has 1 fully saturated rings. The maximum absolute atomic E-state index is 12.1. The first-order valence-electron chi connectivity index (χ1n) is 10.0. The molecule has 2 heterocycles. The molecule has 0 radical (unpaired) electrons. The van der Waals surface area contributed by atoms with Crippen molar-refractivity contribution >= 4 is 35.2 Å². The number of thiophene rings is 1. The molecule has 1 aromatic heterocycles. The lowest BCUT2D eigenvalue weighted by Gasteiger charge is -2.46. The highest BCUT2D eigenvalue weighted by Crippen LogP contribution is 2.30. The third-order valence-corrected chi connectivity index (χ3v) is 6.13. The molecule has 2 rings (SSSR count). The molecule has 1 aliphatic rings. The number of carbonyl (C=O) groups excluding carboxylic acids is 2. The van der Waals surface area contributed by atoms with Gasteiger partial charge in [-0.15, -0.1) is 11.3 Å². The Balaban J connectivity index is 0.000000718. The van der Waals surface area contributed by atoms with E-state index in [2.05, 4.69) is 10.2 Å². The van der Waals surface area contributed by atoms with E-state index < -0.39 is 41.8 Å². The summed E-state index contributed by atoms with van der Waals surface area (Å²) in [5.41, 5.74) is -0.529. The number of alkyl halides is 3. The maximum Gasteiger partial charge on any atom is 0.490 e. The maximum atomic E-state index is 12.1. The van der Waals surface area contributed by atoms with Crippen molar-refractivity contribution in [3.63, 3.8) is 0 Å². The molecule has 1 unspecified atom stereocenters. The number of esters is 2. The summed E-state index contributed by atoms with van der Waals surface area (Å²) in [7, 11) is 2.57. The van der Waals surface area contributed by atoms with Crippen LogP contribution in [0.2, 0.25) is 0 Å². The smallest absolute Gasteiger partial charge is 0.477 e. The van der Waals surface area contributed by atoms with Gasteiger partial charge in [0, 0.05) is 18.0 Å². The molecule has 0 spiro atoms. The van der Waals surface area contributed by atoms with E-state index in [1.165, 1.54) is 25.6 Å². The minimum absolute atomic E-state index is 0.116. The van der Waals surface area contributed by atoms with Gasteiger partial charge in [-0.05, 0) is 38.3 Å². The summed E-state index contributed by atoms with van der Waals surface area (Å²) in [5, 5.41) is 19.5. The summed E-state index contributed by atoms with van der Waals surface area (Å²) in [5.74, 6) is -4.70. The quantitative estimate of drug-likeness (QED) is 0.445. The molecule has 1 saturated heterocycles. The summed E-state index contributed by atoms with van der Waals surface area (Å²) in [4.78, 5) is 47.3. The lowest BCUT2D eigenvalue weighted by molar-refractivity contribution is -0.192.